The first kappa shape index (κ1) is 16.5. The second-order valence-electron chi connectivity index (χ2n) is 5.71. The molecule has 1 aromatic carbocycles. The van der Waals surface area contributed by atoms with Crippen LogP contribution in [0.5, 0.6) is 5.75 Å². The van der Waals surface area contributed by atoms with E-state index < -0.39 is 0 Å². The van der Waals surface area contributed by atoms with E-state index in [0.29, 0.717) is 23.4 Å². The molecule has 1 aromatic rings. The van der Waals surface area contributed by atoms with Crippen LogP contribution >= 0.6 is 0 Å². The topological polar surface area (TPSA) is 49.9 Å². The molecule has 0 unspecified atom stereocenters. The van der Waals surface area contributed by atoms with E-state index >= 15 is 0 Å². The number of benzene rings is 1. The predicted molar refractivity (Wildman–Crippen MR) is 85.6 cm³/mol. The molecule has 1 saturated heterocycles. The van der Waals surface area contributed by atoms with Crippen LogP contribution in [0, 0.1) is 0 Å². The van der Waals surface area contributed by atoms with Crippen LogP contribution < -0.4 is 4.74 Å². The van der Waals surface area contributed by atoms with Crippen molar-refractivity contribution in [1.29, 1.82) is 0 Å². The summed E-state index contributed by atoms with van der Waals surface area (Å²) in [6.45, 7) is 3.84. The van der Waals surface area contributed by atoms with Gasteiger partial charge in [0.05, 0.1) is 12.7 Å². The number of nitrogens with zero attached hydrogens (tertiary/aromatic N) is 2. The van der Waals surface area contributed by atoms with Crippen LogP contribution in [0.25, 0.3) is 0 Å². The molecular formula is C17H24N2O3. The van der Waals surface area contributed by atoms with Gasteiger partial charge >= 0.3 is 0 Å². The van der Waals surface area contributed by atoms with E-state index in [9.17, 15) is 9.59 Å². The van der Waals surface area contributed by atoms with Gasteiger partial charge in [-0.05, 0) is 38.1 Å². The average molecular weight is 304 g/mol. The summed E-state index contributed by atoms with van der Waals surface area (Å²) in [5.41, 5.74) is 0.999. The number of likely N-dealkylation sites (tertiary alicyclic amines) is 1. The molecule has 0 aliphatic carbocycles. The molecule has 5 heteroatoms. The summed E-state index contributed by atoms with van der Waals surface area (Å²) < 4.78 is 5.24. The number of carbonyl (C=O) groups excluding carboxylic acids is 2. The van der Waals surface area contributed by atoms with Gasteiger partial charge in [0.2, 0.25) is 0 Å². The molecule has 1 aliphatic heterocycles. The fraction of sp³-hybridized carbons (Fsp3) is 0.529. The number of hydrogen-bond donors (Lipinski definition) is 0. The van der Waals surface area contributed by atoms with Gasteiger partial charge < -0.3 is 14.5 Å². The quantitative estimate of drug-likeness (QED) is 0.755. The second-order valence-corrected chi connectivity index (χ2v) is 5.71. The largest absolute Gasteiger partial charge is 0.496 e. The maximum Gasteiger partial charge on any atom is 0.257 e. The van der Waals surface area contributed by atoms with Crippen LogP contribution in [0.4, 0.5) is 0 Å². The van der Waals surface area contributed by atoms with Gasteiger partial charge in [-0.15, -0.1) is 0 Å². The van der Waals surface area contributed by atoms with E-state index in [-0.39, 0.29) is 5.91 Å². The van der Waals surface area contributed by atoms with Crippen molar-refractivity contribution < 1.29 is 14.3 Å². The number of methoxy groups -OCH3 is 1. The maximum atomic E-state index is 12.5. The van der Waals surface area contributed by atoms with E-state index in [1.54, 1.807) is 30.1 Å². The molecule has 1 fully saturated rings. The molecule has 0 saturated carbocycles. The van der Waals surface area contributed by atoms with Crippen molar-refractivity contribution in [3.63, 3.8) is 0 Å². The molecule has 0 bridgehead atoms. The maximum absolute atomic E-state index is 12.5. The molecule has 0 radical (unpaired) electrons. The molecule has 0 aromatic heterocycles. The summed E-state index contributed by atoms with van der Waals surface area (Å²) in [4.78, 5) is 27.5. The molecule has 1 aliphatic rings. The molecule has 22 heavy (non-hydrogen) atoms. The molecule has 0 spiro atoms. The Bertz CT molecular complexity index is 525. The predicted octanol–water partition coefficient (Wildman–Crippen LogP) is 2.07. The number of amides is 1. The Morgan fingerprint density at radius 3 is 2.68 bits per heavy atom. The van der Waals surface area contributed by atoms with Crippen LogP contribution in [0.3, 0.4) is 0 Å². The first-order valence-corrected chi connectivity index (χ1v) is 7.76. The Labute approximate surface area is 131 Å². The highest BCUT2D eigenvalue weighted by atomic mass is 16.5. The third kappa shape index (κ3) is 4.07. The Morgan fingerprint density at radius 2 is 2.05 bits per heavy atom. The third-order valence-electron chi connectivity index (χ3n) is 4.14. The number of carbonyl (C=O) groups is 2. The van der Waals surface area contributed by atoms with Crippen molar-refractivity contribution in [3.8, 4) is 5.75 Å². The van der Waals surface area contributed by atoms with Gasteiger partial charge in [0, 0.05) is 25.7 Å². The molecule has 0 atom stereocenters. The van der Waals surface area contributed by atoms with Crippen molar-refractivity contribution in [3.05, 3.63) is 29.3 Å². The molecule has 1 heterocycles. The highest BCUT2D eigenvalue weighted by Gasteiger charge is 2.18. The van der Waals surface area contributed by atoms with Gasteiger partial charge in [0.15, 0.2) is 0 Å². The van der Waals surface area contributed by atoms with E-state index in [4.69, 9.17) is 4.74 Å². The first-order chi connectivity index (χ1) is 10.7. The van der Waals surface area contributed by atoms with Gasteiger partial charge in [0.1, 0.15) is 12.0 Å². The Hall–Kier alpha value is -1.88. The molecule has 0 N–H and O–H groups in total. The molecule has 120 valence electrons. The zero-order valence-corrected chi connectivity index (χ0v) is 13.4. The summed E-state index contributed by atoms with van der Waals surface area (Å²) >= 11 is 0. The monoisotopic (exact) mass is 304 g/mol. The number of rotatable bonds is 6. The van der Waals surface area contributed by atoms with E-state index in [1.807, 2.05) is 0 Å². The lowest BCUT2D eigenvalue weighted by Gasteiger charge is -2.28. The van der Waals surface area contributed by atoms with Crippen LogP contribution in [0.2, 0.25) is 0 Å². The van der Waals surface area contributed by atoms with Gasteiger partial charge in [-0.2, -0.15) is 0 Å². The minimum atomic E-state index is -0.0775. The summed E-state index contributed by atoms with van der Waals surface area (Å²) in [6, 6.07) is 4.89. The number of ether oxygens (including phenoxy) is 1. The van der Waals surface area contributed by atoms with Crippen molar-refractivity contribution in [2.45, 2.75) is 19.3 Å². The lowest BCUT2D eigenvalue weighted by atomic mass is 10.1. The van der Waals surface area contributed by atoms with E-state index in [0.717, 1.165) is 25.9 Å². The normalized spacial score (nSPS) is 15.4. The van der Waals surface area contributed by atoms with Crippen LogP contribution in [0.15, 0.2) is 18.2 Å². The Morgan fingerprint density at radius 1 is 1.32 bits per heavy atom. The lowest BCUT2D eigenvalue weighted by Crippen LogP contribution is -2.38. The van der Waals surface area contributed by atoms with Crippen LogP contribution in [-0.4, -0.2) is 62.3 Å². The SMILES string of the molecule is COc1cc(C=O)ccc1C(=O)N(C)CCN1CCCCC1. The number of likely N-dealkylation sites (N-methyl/N-ethyl adjacent to an activating group) is 1. The van der Waals surface area contributed by atoms with Crippen molar-refractivity contribution in [1.82, 2.24) is 9.80 Å². The van der Waals surface area contributed by atoms with E-state index in [1.165, 1.54) is 26.4 Å². The Balaban J connectivity index is 1.98. The zero-order valence-electron chi connectivity index (χ0n) is 13.4. The fourth-order valence-electron chi connectivity index (χ4n) is 2.74. The first-order valence-electron chi connectivity index (χ1n) is 7.76. The summed E-state index contributed by atoms with van der Waals surface area (Å²) in [5, 5.41) is 0. The van der Waals surface area contributed by atoms with Crippen LogP contribution in [0.1, 0.15) is 40.0 Å². The third-order valence-corrected chi connectivity index (χ3v) is 4.14. The average Bonchev–Trinajstić information content (AvgIpc) is 2.59. The number of piperidine rings is 1. The van der Waals surface area contributed by atoms with Gasteiger partial charge in [0.25, 0.3) is 5.91 Å². The summed E-state index contributed by atoms with van der Waals surface area (Å²) in [7, 11) is 3.31. The van der Waals surface area contributed by atoms with Gasteiger partial charge in [-0.25, -0.2) is 0 Å². The van der Waals surface area contributed by atoms with Crippen LogP contribution in [-0.2, 0) is 0 Å². The molecule has 5 nitrogen and oxygen atoms in total. The molecule has 2 rings (SSSR count). The number of aldehydes is 1. The zero-order chi connectivity index (χ0) is 15.9. The highest BCUT2D eigenvalue weighted by molar-refractivity contribution is 5.97. The standard InChI is InChI=1S/C17H24N2O3/c1-18(10-11-19-8-4-3-5-9-19)17(21)15-7-6-14(13-20)12-16(15)22-2/h6-7,12-13H,3-5,8-11H2,1-2H3. The smallest absolute Gasteiger partial charge is 0.257 e. The minimum absolute atomic E-state index is 0.0775. The molecule has 1 amide bonds. The summed E-state index contributed by atoms with van der Waals surface area (Å²) in [5.74, 6) is 0.366. The fourth-order valence-corrected chi connectivity index (χ4v) is 2.74. The lowest BCUT2D eigenvalue weighted by molar-refractivity contribution is 0.0769. The Kier molecular flexibility index (Phi) is 5.95. The van der Waals surface area contributed by atoms with Gasteiger partial charge in [-0.1, -0.05) is 12.5 Å². The highest BCUT2D eigenvalue weighted by Crippen LogP contribution is 2.21. The van der Waals surface area contributed by atoms with E-state index in [2.05, 4.69) is 4.90 Å². The van der Waals surface area contributed by atoms with Gasteiger partial charge in [-0.3, -0.25) is 9.59 Å². The molecular weight excluding hydrogens is 280 g/mol. The number of hydrogen-bond acceptors (Lipinski definition) is 4. The van der Waals surface area contributed by atoms with Crippen molar-refractivity contribution >= 4 is 12.2 Å². The second kappa shape index (κ2) is 7.94. The summed E-state index contributed by atoms with van der Waals surface area (Å²) in [6.07, 6.45) is 4.56. The van der Waals surface area contributed by atoms with Crippen molar-refractivity contribution in [2.75, 3.05) is 40.3 Å². The minimum Gasteiger partial charge on any atom is -0.496 e. The van der Waals surface area contributed by atoms with Crippen molar-refractivity contribution in [2.24, 2.45) is 0 Å².